The Labute approximate surface area is 170 Å². The van der Waals surface area contributed by atoms with Gasteiger partial charge in [-0.2, -0.15) is 0 Å². The number of aryl methyl sites for hydroxylation is 1. The summed E-state index contributed by atoms with van der Waals surface area (Å²) < 4.78 is 6.70. The molecule has 27 heavy (non-hydrogen) atoms. The highest BCUT2D eigenvalue weighted by Crippen LogP contribution is 2.28. The molecule has 0 unspecified atom stereocenters. The first-order valence-corrected chi connectivity index (χ1v) is 10.4. The standard InChI is InChI=1S/C20H31BrN4O2/c1-4-22-20(25(3)11-12-27-14-16-5-6-16)23-10-9-19(26)24-18-8-7-17(21)13-15(18)2/h7-8,13,16H,4-6,9-12,14H2,1-3H3,(H,22,23)(H,24,26). The Hall–Kier alpha value is -1.60. The van der Waals surface area contributed by atoms with Crippen molar-refractivity contribution < 1.29 is 9.53 Å². The van der Waals surface area contributed by atoms with Crippen LogP contribution in [0.15, 0.2) is 27.7 Å². The maximum atomic E-state index is 12.2. The number of carbonyl (C=O) groups is 1. The highest BCUT2D eigenvalue weighted by Gasteiger charge is 2.21. The first-order chi connectivity index (χ1) is 13.0. The number of nitrogens with zero attached hydrogens (tertiary/aromatic N) is 2. The number of aliphatic imine (C=N–C) groups is 1. The molecule has 1 saturated carbocycles. The summed E-state index contributed by atoms with van der Waals surface area (Å²) in [6.45, 7) is 7.59. The molecule has 1 aromatic rings. The van der Waals surface area contributed by atoms with E-state index in [-0.39, 0.29) is 5.91 Å². The molecule has 1 aliphatic rings. The third kappa shape index (κ3) is 8.30. The number of carbonyl (C=O) groups excluding carboxylic acids is 1. The molecule has 0 bridgehead atoms. The minimum absolute atomic E-state index is 0.0320. The van der Waals surface area contributed by atoms with Crippen molar-refractivity contribution in [3.05, 3.63) is 28.2 Å². The number of nitrogens with one attached hydrogen (secondary N) is 2. The van der Waals surface area contributed by atoms with Gasteiger partial charge in [-0.25, -0.2) is 0 Å². The lowest BCUT2D eigenvalue weighted by molar-refractivity contribution is -0.116. The number of guanidine groups is 1. The minimum Gasteiger partial charge on any atom is -0.379 e. The van der Waals surface area contributed by atoms with Crippen molar-refractivity contribution in [2.45, 2.75) is 33.1 Å². The van der Waals surface area contributed by atoms with Crippen molar-refractivity contribution >= 4 is 33.5 Å². The average molecular weight is 439 g/mol. The van der Waals surface area contributed by atoms with Gasteiger partial charge in [0.25, 0.3) is 0 Å². The Morgan fingerprint density at radius 3 is 2.85 bits per heavy atom. The average Bonchev–Trinajstić information content (AvgIpc) is 3.44. The van der Waals surface area contributed by atoms with Gasteiger partial charge in [-0.15, -0.1) is 0 Å². The summed E-state index contributed by atoms with van der Waals surface area (Å²) in [6, 6.07) is 5.81. The molecule has 2 rings (SSSR count). The number of halogens is 1. The van der Waals surface area contributed by atoms with Gasteiger partial charge in [0.2, 0.25) is 5.91 Å². The number of ether oxygens (including phenoxy) is 1. The van der Waals surface area contributed by atoms with E-state index in [1.807, 2.05) is 44.0 Å². The third-order valence-electron chi connectivity index (χ3n) is 4.38. The lowest BCUT2D eigenvalue weighted by atomic mass is 10.2. The second kappa shape index (κ2) is 11.3. The van der Waals surface area contributed by atoms with Gasteiger partial charge in [0.15, 0.2) is 5.96 Å². The molecule has 0 aromatic heterocycles. The number of hydrogen-bond acceptors (Lipinski definition) is 3. The third-order valence-corrected chi connectivity index (χ3v) is 4.87. The monoisotopic (exact) mass is 438 g/mol. The lowest BCUT2D eigenvalue weighted by Crippen LogP contribution is -2.40. The summed E-state index contributed by atoms with van der Waals surface area (Å²) in [4.78, 5) is 18.8. The van der Waals surface area contributed by atoms with Crippen molar-refractivity contribution in [3.63, 3.8) is 0 Å². The molecule has 150 valence electrons. The molecule has 1 aromatic carbocycles. The molecule has 2 N–H and O–H groups in total. The van der Waals surface area contributed by atoms with Crippen LogP contribution in [-0.2, 0) is 9.53 Å². The largest absolute Gasteiger partial charge is 0.379 e. The summed E-state index contributed by atoms with van der Waals surface area (Å²) in [7, 11) is 1.99. The predicted molar refractivity (Wildman–Crippen MR) is 114 cm³/mol. The van der Waals surface area contributed by atoms with Gasteiger partial charge in [0.05, 0.1) is 13.2 Å². The fourth-order valence-corrected chi connectivity index (χ4v) is 3.03. The quantitative estimate of drug-likeness (QED) is 0.333. The topological polar surface area (TPSA) is 66.0 Å². The number of rotatable bonds is 10. The molecule has 1 amide bonds. The first-order valence-electron chi connectivity index (χ1n) is 9.62. The van der Waals surface area contributed by atoms with Crippen LogP contribution < -0.4 is 10.6 Å². The van der Waals surface area contributed by atoms with E-state index in [2.05, 4.69) is 31.6 Å². The summed E-state index contributed by atoms with van der Waals surface area (Å²) in [5.41, 5.74) is 1.87. The SMILES string of the molecule is CCNC(=NCCC(=O)Nc1ccc(Br)cc1C)N(C)CCOCC1CC1. The van der Waals surface area contributed by atoms with Crippen LogP contribution in [0.25, 0.3) is 0 Å². The van der Waals surface area contributed by atoms with Crippen LogP contribution in [0.1, 0.15) is 31.7 Å². The second-order valence-electron chi connectivity index (χ2n) is 6.93. The summed E-state index contributed by atoms with van der Waals surface area (Å²) in [5.74, 6) is 1.56. The van der Waals surface area contributed by atoms with E-state index in [9.17, 15) is 4.79 Å². The Morgan fingerprint density at radius 1 is 1.41 bits per heavy atom. The van der Waals surface area contributed by atoms with E-state index in [1.165, 1.54) is 12.8 Å². The molecule has 1 aliphatic carbocycles. The minimum atomic E-state index is -0.0320. The molecule has 1 fully saturated rings. The van der Waals surface area contributed by atoms with Gasteiger partial charge in [-0.3, -0.25) is 9.79 Å². The van der Waals surface area contributed by atoms with Gasteiger partial charge in [0, 0.05) is 43.3 Å². The van der Waals surface area contributed by atoms with Gasteiger partial charge < -0.3 is 20.3 Å². The number of amides is 1. The van der Waals surface area contributed by atoms with E-state index < -0.39 is 0 Å². The zero-order valence-electron chi connectivity index (χ0n) is 16.6. The van der Waals surface area contributed by atoms with Crippen molar-refractivity contribution in [2.75, 3.05) is 45.2 Å². The molecule has 0 heterocycles. The number of hydrogen-bond donors (Lipinski definition) is 2. The fraction of sp³-hybridized carbons (Fsp3) is 0.600. The predicted octanol–water partition coefficient (Wildman–Crippen LogP) is 3.41. The Morgan fingerprint density at radius 2 is 2.19 bits per heavy atom. The van der Waals surface area contributed by atoms with E-state index in [4.69, 9.17) is 4.74 Å². The molecule has 6 nitrogen and oxygen atoms in total. The van der Waals surface area contributed by atoms with Crippen molar-refractivity contribution in [3.8, 4) is 0 Å². The zero-order valence-corrected chi connectivity index (χ0v) is 18.1. The maximum Gasteiger partial charge on any atom is 0.226 e. The first kappa shape index (κ1) is 21.7. The molecule has 0 atom stereocenters. The van der Waals surface area contributed by atoms with Crippen LogP contribution >= 0.6 is 15.9 Å². The Bertz CT molecular complexity index is 647. The van der Waals surface area contributed by atoms with Crippen LogP contribution in [0.2, 0.25) is 0 Å². The van der Waals surface area contributed by atoms with Gasteiger partial charge in [-0.05, 0) is 56.4 Å². The molecular weight excluding hydrogens is 408 g/mol. The van der Waals surface area contributed by atoms with Gasteiger partial charge >= 0.3 is 0 Å². The van der Waals surface area contributed by atoms with Crippen molar-refractivity contribution in [1.82, 2.24) is 10.2 Å². The Balaban J connectivity index is 1.75. The van der Waals surface area contributed by atoms with Gasteiger partial charge in [-0.1, -0.05) is 15.9 Å². The fourth-order valence-electron chi connectivity index (χ4n) is 2.55. The van der Waals surface area contributed by atoms with E-state index in [1.54, 1.807) is 0 Å². The van der Waals surface area contributed by atoms with Crippen molar-refractivity contribution in [2.24, 2.45) is 10.9 Å². The summed E-state index contributed by atoms with van der Waals surface area (Å²) >= 11 is 3.43. The molecule has 7 heteroatoms. The summed E-state index contributed by atoms with van der Waals surface area (Å²) in [5, 5.41) is 6.21. The van der Waals surface area contributed by atoms with Crippen LogP contribution in [-0.4, -0.2) is 56.7 Å². The highest BCUT2D eigenvalue weighted by molar-refractivity contribution is 9.10. The maximum absolute atomic E-state index is 12.2. The number of likely N-dealkylation sites (N-methyl/N-ethyl adjacent to an activating group) is 1. The van der Waals surface area contributed by atoms with E-state index >= 15 is 0 Å². The normalized spacial score (nSPS) is 14.1. The van der Waals surface area contributed by atoms with E-state index in [0.717, 1.165) is 47.3 Å². The van der Waals surface area contributed by atoms with Crippen LogP contribution in [0.5, 0.6) is 0 Å². The zero-order chi connectivity index (χ0) is 19.6. The molecule has 0 saturated heterocycles. The van der Waals surface area contributed by atoms with Crippen LogP contribution in [0.4, 0.5) is 5.69 Å². The Kier molecular flexibility index (Phi) is 9.07. The van der Waals surface area contributed by atoms with Crippen LogP contribution in [0.3, 0.4) is 0 Å². The van der Waals surface area contributed by atoms with Crippen LogP contribution in [0, 0.1) is 12.8 Å². The number of benzene rings is 1. The molecule has 0 aliphatic heterocycles. The highest BCUT2D eigenvalue weighted by atomic mass is 79.9. The molecule has 0 radical (unpaired) electrons. The number of anilines is 1. The lowest BCUT2D eigenvalue weighted by Gasteiger charge is -2.22. The van der Waals surface area contributed by atoms with E-state index in [0.29, 0.717) is 19.6 Å². The summed E-state index contributed by atoms with van der Waals surface area (Å²) in [6.07, 6.45) is 2.96. The van der Waals surface area contributed by atoms with Crippen molar-refractivity contribution in [1.29, 1.82) is 0 Å². The smallest absolute Gasteiger partial charge is 0.226 e. The molecular formula is C20H31BrN4O2. The second-order valence-corrected chi connectivity index (χ2v) is 7.85. The molecule has 0 spiro atoms. The van der Waals surface area contributed by atoms with Gasteiger partial charge in [0.1, 0.15) is 0 Å².